The first-order valence-electron chi connectivity index (χ1n) is 8.50. The summed E-state index contributed by atoms with van der Waals surface area (Å²) < 4.78 is 11.2. The van der Waals surface area contributed by atoms with Crippen molar-refractivity contribution in [1.29, 1.82) is 0 Å². The minimum absolute atomic E-state index is 0.0857. The van der Waals surface area contributed by atoms with Crippen LogP contribution in [-0.4, -0.2) is 42.8 Å². The second kappa shape index (κ2) is 8.50. The maximum atomic E-state index is 12.4. The number of carbonyl (C=O) groups excluding carboxylic acids is 2. The van der Waals surface area contributed by atoms with Crippen LogP contribution in [0.5, 0.6) is 11.5 Å². The summed E-state index contributed by atoms with van der Waals surface area (Å²) in [7, 11) is 1.55. The van der Waals surface area contributed by atoms with Crippen molar-refractivity contribution in [2.45, 2.75) is 39.7 Å². The molecule has 0 bridgehead atoms. The fraction of sp³-hybridized carbons (Fsp3) is 0.500. The van der Waals surface area contributed by atoms with Gasteiger partial charge in [0.2, 0.25) is 5.91 Å². The number of nitrogens with one attached hydrogen (secondary N) is 1. The summed E-state index contributed by atoms with van der Waals surface area (Å²) in [6.07, 6.45) is 0.657. The first kappa shape index (κ1) is 18.8. The van der Waals surface area contributed by atoms with Gasteiger partial charge in [0.05, 0.1) is 19.3 Å². The highest BCUT2D eigenvalue weighted by Gasteiger charge is 2.23. The van der Waals surface area contributed by atoms with Crippen LogP contribution in [0.1, 0.15) is 45.2 Å². The summed E-state index contributed by atoms with van der Waals surface area (Å²) in [5.74, 6) is 0.989. The monoisotopic (exact) mass is 347 g/mol. The molecule has 1 unspecified atom stereocenters. The summed E-state index contributed by atoms with van der Waals surface area (Å²) in [4.78, 5) is 23.8. The Bertz CT molecular complexity index is 672. The van der Waals surface area contributed by atoms with Gasteiger partial charge in [-0.2, -0.15) is 5.10 Å². The Hall–Kier alpha value is -2.57. The number of rotatable bonds is 7. The van der Waals surface area contributed by atoms with Crippen molar-refractivity contribution < 1.29 is 19.1 Å². The number of benzene rings is 1. The minimum atomic E-state index is -0.265. The highest BCUT2D eigenvalue weighted by atomic mass is 16.5. The largest absolute Gasteiger partial charge is 0.490 e. The van der Waals surface area contributed by atoms with Gasteiger partial charge in [0, 0.05) is 19.9 Å². The van der Waals surface area contributed by atoms with E-state index in [9.17, 15) is 9.59 Å². The lowest BCUT2D eigenvalue weighted by Crippen LogP contribution is -2.38. The standard InChI is InChI=1S/C18H25N3O4/c1-5-24-15-9-7-13(11-16(15)25-6-2)12(3)19-18(23)14-8-10-17(22)21(4)20-14/h7,9,11-12H,5-6,8,10H2,1-4H3,(H,19,23). The third-order valence-corrected chi connectivity index (χ3v) is 3.88. The molecule has 1 N–H and O–H groups in total. The predicted octanol–water partition coefficient (Wildman–Crippen LogP) is 2.27. The number of carbonyl (C=O) groups is 2. The number of hydrogen-bond donors (Lipinski definition) is 1. The van der Waals surface area contributed by atoms with Gasteiger partial charge in [-0.05, 0) is 38.5 Å². The highest BCUT2D eigenvalue weighted by Crippen LogP contribution is 2.30. The van der Waals surface area contributed by atoms with E-state index in [1.165, 1.54) is 5.01 Å². The van der Waals surface area contributed by atoms with Gasteiger partial charge in [0.25, 0.3) is 5.91 Å². The smallest absolute Gasteiger partial charge is 0.267 e. The van der Waals surface area contributed by atoms with Gasteiger partial charge in [-0.1, -0.05) is 6.07 Å². The van der Waals surface area contributed by atoms with Gasteiger partial charge >= 0.3 is 0 Å². The molecule has 136 valence electrons. The van der Waals surface area contributed by atoms with Crippen molar-refractivity contribution in [2.24, 2.45) is 5.10 Å². The Morgan fingerprint density at radius 3 is 2.56 bits per heavy atom. The third kappa shape index (κ3) is 4.71. The van der Waals surface area contributed by atoms with Crippen LogP contribution in [0.2, 0.25) is 0 Å². The second-order valence-electron chi connectivity index (χ2n) is 5.73. The van der Waals surface area contributed by atoms with Crippen molar-refractivity contribution >= 4 is 17.5 Å². The fourth-order valence-corrected chi connectivity index (χ4v) is 2.53. The average molecular weight is 347 g/mol. The maximum Gasteiger partial charge on any atom is 0.267 e. The van der Waals surface area contributed by atoms with Crippen LogP contribution in [-0.2, 0) is 9.59 Å². The average Bonchev–Trinajstić information content (AvgIpc) is 2.59. The van der Waals surface area contributed by atoms with Crippen molar-refractivity contribution in [3.63, 3.8) is 0 Å². The van der Waals surface area contributed by atoms with Crippen LogP contribution < -0.4 is 14.8 Å². The van der Waals surface area contributed by atoms with Gasteiger partial charge in [-0.3, -0.25) is 9.59 Å². The zero-order valence-electron chi connectivity index (χ0n) is 15.2. The van der Waals surface area contributed by atoms with Gasteiger partial charge in [-0.25, -0.2) is 5.01 Å². The molecule has 1 aromatic rings. The molecule has 0 fully saturated rings. The Labute approximate surface area is 148 Å². The molecule has 0 radical (unpaired) electrons. The number of nitrogens with zero attached hydrogens (tertiary/aromatic N) is 2. The number of hydrogen-bond acceptors (Lipinski definition) is 5. The normalized spacial score (nSPS) is 15.4. The van der Waals surface area contributed by atoms with E-state index in [0.717, 1.165) is 5.56 Å². The van der Waals surface area contributed by atoms with Gasteiger partial charge < -0.3 is 14.8 Å². The van der Waals surface area contributed by atoms with E-state index in [1.807, 2.05) is 39.0 Å². The lowest BCUT2D eigenvalue weighted by molar-refractivity contribution is -0.130. The molecule has 0 saturated carbocycles. The summed E-state index contributed by atoms with van der Waals surface area (Å²) in [5.41, 5.74) is 1.27. The summed E-state index contributed by atoms with van der Waals surface area (Å²) in [5, 5.41) is 8.17. The zero-order valence-corrected chi connectivity index (χ0v) is 15.2. The molecule has 1 aromatic carbocycles. The van der Waals surface area contributed by atoms with E-state index in [0.29, 0.717) is 43.3 Å². The van der Waals surface area contributed by atoms with Crippen LogP contribution in [0.4, 0.5) is 0 Å². The fourth-order valence-electron chi connectivity index (χ4n) is 2.53. The van der Waals surface area contributed by atoms with Crippen molar-refractivity contribution in [1.82, 2.24) is 10.3 Å². The van der Waals surface area contributed by atoms with Gasteiger partial charge in [0.15, 0.2) is 11.5 Å². The van der Waals surface area contributed by atoms with E-state index >= 15 is 0 Å². The van der Waals surface area contributed by atoms with Crippen molar-refractivity contribution in [3.8, 4) is 11.5 Å². The Morgan fingerprint density at radius 2 is 1.92 bits per heavy atom. The number of hydrazone groups is 1. The molecule has 0 aliphatic carbocycles. The molecule has 1 aliphatic rings. The van der Waals surface area contributed by atoms with Crippen LogP contribution in [0.3, 0.4) is 0 Å². The molecule has 7 heteroatoms. The van der Waals surface area contributed by atoms with Crippen LogP contribution in [0, 0.1) is 0 Å². The molecule has 1 atom stereocenters. The Balaban J connectivity index is 2.11. The summed E-state index contributed by atoms with van der Waals surface area (Å²) >= 11 is 0. The first-order chi connectivity index (χ1) is 12.0. The van der Waals surface area contributed by atoms with Crippen LogP contribution in [0.25, 0.3) is 0 Å². The maximum absolute atomic E-state index is 12.4. The SMILES string of the molecule is CCOc1ccc(C(C)NC(=O)C2=NN(C)C(=O)CC2)cc1OCC. The lowest BCUT2D eigenvalue weighted by atomic mass is 10.1. The number of amides is 2. The highest BCUT2D eigenvalue weighted by molar-refractivity contribution is 6.39. The molecule has 0 aromatic heterocycles. The van der Waals surface area contributed by atoms with E-state index in [4.69, 9.17) is 9.47 Å². The summed E-state index contributed by atoms with van der Waals surface area (Å²) in [6.45, 7) is 6.80. The molecule has 7 nitrogen and oxygen atoms in total. The molecular formula is C18H25N3O4. The Kier molecular flexibility index (Phi) is 6.38. The molecule has 0 saturated heterocycles. The zero-order chi connectivity index (χ0) is 18.4. The van der Waals surface area contributed by atoms with Crippen molar-refractivity contribution in [2.75, 3.05) is 20.3 Å². The Morgan fingerprint density at radius 1 is 1.24 bits per heavy atom. The predicted molar refractivity (Wildman–Crippen MR) is 94.8 cm³/mol. The molecule has 0 spiro atoms. The van der Waals surface area contributed by atoms with E-state index in [-0.39, 0.29) is 17.9 Å². The van der Waals surface area contributed by atoms with Crippen LogP contribution >= 0.6 is 0 Å². The molecular weight excluding hydrogens is 322 g/mol. The minimum Gasteiger partial charge on any atom is -0.490 e. The lowest BCUT2D eigenvalue weighted by Gasteiger charge is -2.21. The summed E-state index contributed by atoms with van der Waals surface area (Å²) in [6, 6.07) is 5.39. The topological polar surface area (TPSA) is 80.2 Å². The third-order valence-electron chi connectivity index (χ3n) is 3.88. The van der Waals surface area contributed by atoms with E-state index in [2.05, 4.69) is 10.4 Å². The van der Waals surface area contributed by atoms with Gasteiger partial charge in [0.1, 0.15) is 5.71 Å². The van der Waals surface area contributed by atoms with E-state index < -0.39 is 0 Å². The second-order valence-corrected chi connectivity index (χ2v) is 5.73. The van der Waals surface area contributed by atoms with Gasteiger partial charge in [-0.15, -0.1) is 0 Å². The molecule has 25 heavy (non-hydrogen) atoms. The van der Waals surface area contributed by atoms with Crippen molar-refractivity contribution in [3.05, 3.63) is 23.8 Å². The first-order valence-corrected chi connectivity index (χ1v) is 8.50. The van der Waals surface area contributed by atoms with E-state index in [1.54, 1.807) is 7.05 Å². The number of ether oxygens (including phenoxy) is 2. The molecule has 2 amide bonds. The molecule has 1 heterocycles. The van der Waals surface area contributed by atoms with Crippen LogP contribution in [0.15, 0.2) is 23.3 Å². The molecule has 2 rings (SSSR count). The molecule has 1 aliphatic heterocycles. The quantitative estimate of drug-likeness (QED) is 0.820.